The van der Waals surface area contributed by atoms with Gasteiger partial charge in [-0.05, 0) is 11.0 Å². The molecule has 0 heterocycles. The Labute approximate surface area is 29.4 Å². The van der Waals surface area contributed by atoms with Crippen LogP contribution in [0.25, 0.3) is 0 Å². The molecule has 0 saturated carbocycles. The summed E-state index contributed by atoms with van der Waals surface area (Å²) in [4.78, 5) is 0. The first-order chi connectivity index (χ1) is 1.41. The second-order valence-electron chi connectivity index (χ2n) is 0.154. The van der Waals surface area contributed by atoms with Crippen molar-refractivity contribution in [3.63, 3.8) is 0 Å². The highest BCUT2D eigenvalue weighted by Crippen LogP contribution is 1.48. The van der Waals surface area contributed by atoms with Gasteiger partial charge in [-0.15, -0.1) is 0 Å². The maximum atomic E-state index is 10.1. The molecular formula is C2H7FSi. The van der Waals surface area contributed by atoms with Crippen LogP contribution in [0.5, 0.6) is 0 Å². The van der Waals surface area contributed by atoms with Crippen molar-refractivity contribution in [1.82, 2.24) is 0 Å². The van der Waals surface area contributed by atoms with Gasteiger partial charge in [0.15, 0.2) is 0 Å². The van der Waals surface area contributed by atoms with Crippen LogP contribution in [0.4, 0.5) is 4.39 Å². The molecule has 0 aromatic rings. The van der Waals surface area contributed by atoms with Gasteiger partial charge in [0, 0.05) is 0 Å². The van der Waals surface area contributed by atoms with Crippen LogP contribution in [-0.4, -0.2) is 11.0 Å². The van der Waals surface area contributed by atoms with Crippen molar-refractivity contribution in [1.29, 1.82) is 0 Å². The molecular weight excluding hydrogens is 71.1 g/mol. The molecule has 0 N–H and O–H groups in total. The summed E-state index contributed by atoms with van der Waals surface area (Å²) >= 11 is 0. The smallest absolute Gasteiger partial charge is 0.0795 e. The van der Waals surface area contributed by atoms with Gasteiger partial charge < -0.3 is 0 Å². The molecule has 0 rings (SSSR count). The normalized spacial score (nSPS) is 3.25. The zero-order chi connectivity index (χ0) is 2.71. The predicted molar refractivity (Wildman–Crippen MR) is 22.6 cm³/mol. The van der Waals surface area contributed by atoms with Crippen molar-refractivity contribution in [2.24, 2.45) is 0 Å². The minimum Gasteiger partial charge on any atom is -0.216 e. The third-order valence-corrected chi connectivity index (χ3v) is 0. The van der Waals surface area contributed by atoms with Crippen molar-refractivity contribution in [3.05, 3.63) is 12.9 Å². The Kier molecular flexibility index (Phi) is 29.7. The van der Waals surface area contributed by atoms with Crippen LogP contribution < -0.4 is 0 Å². The molecule has 0 saturated heterocycles. The van der Waals surface area contributed by atoms with E-state index in [-0.39, 0.29) is 17.3 Å². The highest BCUT2D eigenvalue weighted by molar-refractivity contribution is 5.75. The molecule has 0 spiro atoms. The average molecular weight is 78.2 g/mol. The molecule has 0 nitrogen and oxygen atoms in total. The predicted octanol–water partition coefficient (Wildman–Crippen LogP) is -0.352. The summed E-state index contributed by atoms with van der Waals surface area (Å²) in [5, 5.41) is 0. The first-order valence-corrected chi connectivity index (χ1v) is 0.626. The lowest BCUT2D eigenvalue weighted by molar-refractivity contribution is 0.725. The van der Waals surface area contributed by atoms with E-state index in [1.807, 2.05) is 0 Å². The summed E-state index contributed by atoms with van der Waals surface area (Å²) in [6.45, 7) is 2.69. The fraction of sp³-hybridized carbons (Fsp3) is 0. The molecule has 26 valence electrons. The van der Waals surface area contributed by atoms with Gasteiger partial charge in [0.2, 0.25) is 0 Å². The molecule has 0 aromatic heterocycles. The molecule has 2 heteroatoms. The molecule has 0 fully saturated rings. The minimum atomic E-state index is 0. The van der Waals surface area contributed by atoms with Gasteiger partial charge in [-0.1, -0.05) is 6.58 Å². The number of hydrogen-bond acceptors (Lipinski definition) is 0. The lowest BCUT2D eigenvalue weighted by Gasteiger charge is -1.28. The van der Waals surface area contributed by atoms with Crippen molar-refractivity contribution in [3.8, 4) is 0 Å². The topological polar surface area (TPSA) is 0 Å². The fourth-order valence-corrected chi connectivity index (χ4v) is 0. The second-order valence-corrected chi connectivity index (χ2v) is 0.154. The van der Waals surface area contributed by atoms with Gasteiger partial charge in [0.1, 0.15) is 0 Å². The Bertz CT molecular complexity index is 13.5. The molecule has 0 aliphatic rings. The van der Waals surface area contributed by atoms with Crippen LogP contribution in [-0.2, 0) is 0 Å². The van der Waals surface area contributed by atoms with E-state index in [0.29, 0.717) is 0 Å². The molecule has 0 amide bonds. The zero-order valence-corrected chi connectivity index (χ0v) is 1.66. The zero-order valence-electron chi connectivity index (χ0n) is 1.66. The van der Waals surface area contributed by atoms with E-state index in [1.165, 1.54) is 0 Å². The summed E-state index contributed by atoms with van der Waals surface area (Å²) in [7, 11) is 0. The van der Waals surface area contributed by atoms with E-state index in [1.54, 1.807) is 0 Å². The summed E-state index contributed by atoms with van der Waals surface area (Å²) in [5.74, 6) is 0. The van der Waals surface area contributed by atoms with Crippen molar-refractivity contribution >= 4 is 11.0 Å². The largest absolute Gasteiger partial charge is 0.216 e. The molecule has 0 aromatic carbocycles. The van der Waals surface area contributed by atoms with Crippen LogP contribution >= 0.6 is 0 Å². The third-order valence-electron chi connectivity index (χ3n) is 0. The second kappa shape index (κ2) is 13.1. The average Bonchev–Trinajstić information content (AvgIpc) is 0.918. The summed E-state index contributed by atoms with van der Waals surface area (Å²) in [6.07, 6.45) is 0.250. The van der Waals surface area contributed by atoms with E-state index in [2.05, 4.69) is 6.58 Å². The van der Waals surface area contributed by atoms with E-state index >= 15 is 0 Å². The van der Waals surface area contributed by atoms with Crippen molar-refractivity contribution in [2.75, 3.05) is 0 Å². The standard InChI is InChI=1S/C2H3F.H4Si/c1-2-3;/h2H,1H2;1H4. The number of hydrogen-bond donors (Lipinski definition) is 0. The lowest BCUT2D eigenvalue weighted by Crippen LogP contribution is -0.990. The van der Waals surface area contributed by atoms with Crippen molar-refractivity contribution < 1.29 is 4.39 Å². The van der Waals surface area contributed by atoms with Crippen LogP contribution in [0.3, 0.4) is 0 Å². The Morgan fingerprint density at radius 3 is 1.75 bits per heavy atom. The third kappa shape index (κ3) is 116. The Balaban J connectivity index is 0. The lowest BCUT2D eigenvalue weighted by atomic mass is 11.2. The minimum absolute atomic E-state index is 0. The SMILES string of the molecule is C=CF.[SiH4]. The molecule has 0 unspecified atom stereocenters. The molecule has 0 atom stereocenters. The van der Waals surface area contributed by atoms with Gasteiger partial charge in [0.25, 0.3) is 0 Å². The van der Waals surface area contributed by atoms with Crippen LogP contribution in [0.1, 0.15) is 0 Å². The van der Waals surface area contributed by atoms with Gasteiger partial charge >= 0.3 is 0 Å². The molecule has 0 radical (unpaired) electrons. The van der Waals surface area contributed by atoms with Gasteiger partial charge in [-0.3, -0.25) is 0 Å². The maximum Gasteiger partial charge on any atom is 0.0795 e. The van der Waals surface area contributed by atoms with Gasteiger partial charge in [-0.25, -0.2) is 4.39 Å². The maximum absolute atomic E-state index is 10.1. The summed E-state index contributed by atoms with van der Waals surface area (Å²) < 4.78 is 10.1. The Morgan fingerprint density at radius 1 is 1.75 bits per heavy atom. The summed E-state index contributed by atoms with van der Waals surface area (Å²) in [5.41, 5.74) is 0. The van der Waals surface area contributed by atoms with Gasteiger partial charge in [0.05, 0.1) is 6.33 Å². The Hall–Kier alpha value is -0.113. The first kappa shape index (κ1) is 9.10. The summed E-state index contributed by atoms with van der Waals surface area (Å²) in [6, 6.07) is 0. The Morgan fingerprint density at radius 2 is 1.75 bits per heavy atom. The van der Waals surface area contributed by atoms with E-state index in [0.717, 1.165) is 0 Å². The van der Waals surface area contributed by atoms with E-state index < -0.39 is 0 Å². The highest BCUT2D eigenvalue weighted by atomic mass is 28.1. The quantitative estimate of drug-likeness (QED) is 0.347. The van der Waals surface area contributed by atoms with Gasteiger partial charge in [-0.2, -0.15) is 0 Å². The molecule has 0 aliphatic carbocycles. The van der Waals surface area contributed by atoms with Crippen LogP contribution in [0.2, 0.25) is 0 Å². The number of rotatable bonds is 0. The first-order valence-electron chi connectivity index (χ1n) is 0.626. The fourth-order valence-electron chi connectivity index (χ4n) is 0. The van der Waals surface area contributed by atoms with Crippen LogP contribution in [0.15, 0.2) is 12.9 Å². The molecule has 0 bridgehead atoms. The number of halogens is 1. The van der Waals surface area contributed by atoms with Crippen molar-refractivity contribution in [2.45, 2.75) is 0 Å². The highest BCUT2D eigenvalue weighted by Gasteiger charge is 1.19. The van der Waals surface area contributed by atoms with E-state index in [9.17, 15) is 4.39 Å². The monoisotopic (exact) mass is 78.0 g/mol. The van der Waals surface area contributed by atoms with E-state index in [4.69, 9.17) is 0 Å². The molecule has 0 aliphatic heterocycles. The van der Waals surface area contributed by atoms with Crippen LogP contribution in [0, 0.1) is 0 Å². The molecule has 4 heavy (non-hydrogen) atoms.